The molecule has 3 rings (SSSR count). The van der Waals surface area contributed by atoms with E-state index in [1.54, 1.807) is 13.0 Å². The Labute approximate surface area is 203 Å². The lowest BCUT2D eigenvalue weighted by molar-refractivity contribution is -0.171. The van der Waals surface area contributed by atoms with Gasteiger partial charge in [0.25, 0.3) is 0 Å². The molecule has 2 heterocycles. The SMILES string of the molecule is CC(=O)O[C@@H](C)/C=C\C(=O)NC1CCC(C/C=C(C)/C=C/[C@H]2OC(C)(C)C[C@@]3(CO3)[C@@H]2O)CC1. The van der Waals surface area contributed by atoms with E-state index < -0.39 is 17.8 Å². The number of nitrogens with one attached hydrogen (secondary N) is 1. The highest BCUT2D eigenvalue weighted by atomic mass is 16.6. The van der Waals surface area contributed by atoms with Gasteiger partial charge in [-0.25, -0.2) is 0 Å². The van der Waals surface area contributed by atoms with Crippen LogP contribution in [0.25, 0.3) is 0 Å². The number of carbonyl (C=O) groups excluding carboxylic acids is 2. The van der Waals surface area contributed by atoms with Gasteiger partial charge in [0.1, 0.15) is 23.9 Å². The number of aliphatic hydroxyl groups is 1. The number of epoxide rings is 1. The van der Waals surface area contributed by atoms with Crippen molar-refractivity contribution in [3.63, 3.8) is 0 Å². The zero-order valence-electron chi connectivity index (χ0n) is 21.2. The minimum atomic E-state index is -0.630. The Morgan fingerprint density at radius 3 is 2.47 bits per heavy atom. The van der Waals surface area contributed by atoms with Gasteiger partial charge in [-0.1, -0.05) is 23.8 Å². The predicted octanol–water partition coefficient (Wildman–Crippen LogP) is 3.76. The lowest BCUT2D eigenvalue weighted by atomic mass is 9.83. The van der Waals surface area contributed by atoms with Crippen molar-refractivity contribution in [2.75, 3.05) is 6.61 Å². The zero-order chi connectivity index (χ0) is 24.9. The minimum Gasteiger partial charge on any atom is -0.459 e. The Bertz CT molecular complexity index is 817. The van der Waals surface area contributed by atoms with E-state index in [2.05, 4.69) is 18.3 Å². The molecule has 0 aromatic heterocycles. The molecule has 0 bridgehead atoms. The molecule has 0 radical (unpaired) electrons. The maximum atomic E-state index is 12.1. The molecule has 3 fully saturated rings. The highest BCUT2D eigenvalue weighted by Gasteiger charge is 2.60. The molecule has 2 N–H and O–H groups in total. The normalized spacial score (nSPS) is 34.4. The average molecular weight is 476 g/mol. The van der Waals surface area contributed by atoms with Crippen LogP contribution < -0.4 is 5.32 Å². The van der Waals surface area contributed by atoms with E-state index in [0.29, 0.717) is 18.9 Å². The van der Waals surface area contributed by atoms with Crippen LogP contribution in [0.5, 0.6) is 0 Å². The lowest BCUT2D eigenvalue weighted by Gasteiger charge is -2.41. The Hall–Kier alpha value is -1.96. The number of carbonyl (C=O) groups is 2. The molecule has 34 heavy (non-hydrogen) atoms. The molecule has 1 aliphatic carbocycles. The van der Waals surface area contributed by atoms with E-state index in [9.17, 15) is 14.7 Å². The third-order valence-electron chi connectivity index (χ3n) is 6.93. The van der Waals surface area contributed by atoms with Gasteiger partial charge in [0.2, 0.25) is 5.91 Å². The average Bonchev–Trinajstić information content (AvgIpc) is 3.52. The van der Waals surface area contributed by atoms with E-state index in [1.807, 2.05) is 26.0 Å². The van der Waals surface area contributed by atoms with Crippen LogP contribution in [0.2, 0.25) is 0 Å². The maximum Gasteiger partial charge on any atom is 0.303 e. The fourth-order valence-electron chi connectivity index (χ4n) is 5.09. The van der Waals surface area contributed by atoms with Crippen molar-refractivity contribution in [2.24, 2.45) is 5.92 Å². The molecule has 4 atom stereocenters. The van der Waals surface area contributed by atoms with Crippen molar-refractivity contribution in [3.8, 4) is 0 Å². The first-order valence-electron chi connectivity index (χ1n) is 12.5. The molecule has 1 spiro atoms. The minimum absolute atomic E-state index is 0.142. The molecular formula is C27H41NO6. The predicted molar refractivity (Wildman–Crippen MR) is 130 cm³/mol. The first kappa shape index (κ1) is 26.6. The summed E-state index contributed by atoms with van der Waals surface area (Å²) in [6, 6.07) is 0.188. The molecule has 0 unspecified atom stereocenters. The molecule has 190 valence electrons. The van der Waals surface area contributed by atoms with Crippen molar-refractivity contribution in [2.45, 2.75) is 109 Å². The Morgan fingerprint density at radius 1 is 1.18 bits per heavy atom. The first-order valence-corrected chi connectivity index (χ1v) is 12.5. The van der Waals surface area contributed by atoms with Crippen molar-refractivity contribution in [1.82, 2.24) is 5.32 Å². The number of amides is 1. The molecule has 3 aliphatic rings. The first-order chi connectivity index (χ1) is 16.0. The van der Waals surface area contributed by atoms with Crippen LogP contribution in [0.15, 0.2) is 36.0 Å². The van der Waals surface area contributed by atoms with Gasteiger partial charge in [-0.05, 0) is 71.8 Å². The quantitative estimate of drug-likeness (QED) is 0.240. The lowest BCUT2D eigenvalue weighted by Crippen LogP contribution is -2.53. The largest absolute Gasteiger partial charge is 0.459 e. The van der Waals surface area contributed by atoms with Crippen LogP contribution in [-0.2, 0) is 23.8 Å². The number of rotatable bonds is 8. The zero-order valence-corrected chi connectivity index (χ0v) is 21.2. The summed E-state index contributed by atoms with van der Waals surface area (Å²) in [5.41, 5.74) is 0.415. The van der Waals surface area contributed by atoms with E-state index in [0.717, 1.165) is 37.7 Å². The van der Waals surface area contributed by atoms with Gasteiger partial charge >= 0.3 is 5.97 Å². The number of aliphatic hydroxyl groups excluding tert-OH is 1. The fourth-order valence-corrected chi connectivity index (χ4v) is 5.09. The van der Waals surface area contributed by atoms with Crippen molar-refractivity contribution in [3.05, 3.63) is 36.0 Å². The van der Waals surface area contributed by atoms with Gasteiger partial charge in [0.05, 0.1) is 12.2 Å². The molecule has 2 aliphatic heterocycles. The summed E-state index contributed by atoms with van der Waals surface area (Å²) >= 11 is 0. The van der Waals surface area contributed by atoms with Gasteiger partial charge in [-0.2, -0.15) is 0 Å². The summed E-state index contributed by atoms with van der Waals surface area (Å²) in [7, 11) is 0. The smallest absolute Gasteiger partial charge is 0.303 e. The second-order valence-corrected chi connectivity index (χ2v) is 10.8. The fraction of sp³-hybridized carbons (Fsp3) is 0.704. The monoisotopic (exact) mass is 475 g/mol. The molecular weight excluding hydrogens is 434 g/mol. The van der Waals surface area contributed by atoms with Gasteiger partial charge in [-0.3, -0.25) is 9.59 Å². The number of hydrogen-bond donors (Lipinski definition) is 2. The van der Waals surface area contributed by atoms with Crippen molar-refractivity contribution in [1.29, 1.82) is 0 Å². The highest BCUT2D eigenvalue weighted by Crippen LogP contribution is 2.46. The summed E-state index contributed by atoms with van der Waals surface area (Å²) in [6.45, 7) is 9.85. The molecule has 7 nitrogen and oxygen atoms in total. The maximum absolute atomic E-state index is 12.1. The molecule has 2 saturated heterocycles. The number of ether oxygens (including phenoxy) is 3. The van der Waals surface area contributed by atoms with Crippen LogP contribution >= 0.6 is 0 Å². The summed E-state index contributed by atoms with van der Waals surface area (Å²) in [5.74, 6) is 0.104. The molecule has 0 aromatic carbocycles. The van der Waals surface area contributed by atoms with Gasteiger partial charge < -0.3 is 24.6 Å². The Morgan fingerprint density at radius 2 is 1.85 bits per heavy atom. The molecule has 1 saturated carbocycles. The molecule has 1 amide bonds. The van der Waals surface area contributed by atoms with Crippen molar-refractivity contribution < 1.29 is 28.9 Å². The van der Waals surface area contributed by atoms with Crippen LogP contribution in [0, 0.1) is 5.92 Å². The van der Waals surface area contributed by atoms with E-state index >= 15 is 0 Å². The second-order valence-electron chi connectivity index (χ2n) is 10.8. The highest BCUT2D eigenvalue weighted by molar-refractivity contribution is 5.87. The third kappa shape index (κ3) is 7.79. The van der Waals surface area contributed by atoms with Gasteiger partial charge in [0.15, 0.2) is 0 Å². The second kappa shape index (κ2) is 11.2. The van der Waals surface area contributed by atoms with E-state index in [1.165, 1.54) is 13.0 Å². The summed E-state index contributed by atoms with van der Waals surface area (Å²) in [6.07, 6.45) is 13.7. The van der Waals surface area contributed by atoms with Crippen molar-refractivity contribution >= 4 is 11.9 Å². The van der Waals surface area contributed by atoms with Gasteiger partial charge in [0, 0.05) is 25.5 Å². The molecule has 0 aromatic rings. The summed E-state index contributed by atoms with van der Waals surface area (Å²) in [4.78, 5) is 23.0. The Kier molecular flexibility index (Phi) is 8.77. The van der Waals surface area contributed by atoms with Crippen LogP contribution in [-0.4, -0.2) is 59.1 Å². The third-order valence-corrected chi connectivity index (χ3v) is 6.93. The van der Waals surface area contributed by atoms with E-state index in [-0.39, 0.29) is 29.6 Å². The van der Waals surface area contributed by atoms with Crippen LogP contribution in [0.4, 0.5) is 0 Å². The number of hydrogen-bond acceptors (Lipinski definition) is 6. The Balaban J connectivity index is 1.39. The summed E-state index contributed by atoms with van der Waals surface area (Å²) in [5, 5.41) is 13.7. The number of allylic oxidation sites excluding steroid dienone is 3. The van der Waals surface area contributed by atoms with Gasteiger partial charge in [-0.15, -0.1) is 0 Å². The summed E-state index contributed by atoms with van der Waals surface area (Å²) < 4.78 is 16.7. The molecule has 7 heteroatoms. The topological polar surface area (TPSA) is 97.4 Å². The van der Waals surface area contributed by atoms with E-state index in [4.69, 9.17) is 14.2 Å². The van der Waals surface area contributed by atoms with Crippen LogP contribution in [0.1, 0.15) is 73.1 Å². The standard InChI is InChI=1S/C27H41NO6/c1-18(7-14-23-25(31)27(17-32-27)16-26(4,5)34-23)6-9-21-10-12-22(13-11-21)28-24(30)15-8-19(2)33-20(3)29/h6-8,14-15,19,21-23,25,31H,9-13,16-17H2,1-5H3,(H,28,30)/b14-7+,15-8-,18-6+/t19-,21?,22?,23+,25+,27+/m0/s1. The van der Waals surface area contributed by atoms with Crippen LogP contribution in [0.3, 0.4) is 0 Å². The number of esters is 1.